The Morgan fingerprint density at radius 3 is 2.39 bits per heavy atom. The molecule has 4 aromatic rings. The molecular formula is C22H14Cl2F2N2. The van der Waals surface area contributed by atoms with E-state index in [1.807, 2.05) is 31.2 Å². The zero-order valence-electron chi connectivity index (χ0n) is 14.7. The normalized spacial score (nSPS) is 11.0. The summed E-state index contributed by atoms with van der Waals surface area (Å²) in [5, 5.41) is 7.38. The van der Waals surface area contributed by atoms with Crippen molar-refractivity contribution in [2.45, 2.75) is 6.92 Å². The van der Waals surface area contributed by atoms with Crippen molar-refractivity contribution < 1.29 is 8.78 Å². The van der Waals surface area contributed by atoms with Gasteiger partial charge in [-0.3, -0.25) is 5.10 Å². The second kappa shape index (κ2) is 7.38. The van der Waals surface area contributed by atoms with Gasteiger partial charge in [0.1, 0.15) is 17.3 Å². The molecule has 3 aromatic carbocycles. The summed E-state index contributed by atoms with van der Waals surface area (Å²) in [5.41, 5.74) is 4.39. The topological polar surface area (TPSA) is 28.7 Å². The van der Waals surface area contributed by atoms with E-state index in [0.717, 1.165) is 11.1 Å². The molecule has 0 saturated heterocycles. The van der Waals surface area contributed by atoms with Crippen LogP contribution in [0, 0.1) is 18.6 Å². The number of nitrogens with zero attached hydrogens (tertiary/aromatic N) is 1. The lowest BCUT2D eigenvalue weighted by atomic mass is 9.95. The third-order valence-corrected chi connectivity index (χ3v) is 5.07. The summed E-state index contributed by atoms with van der Waals surface area (Å²) in [7, 11) is 0. The summed E-state index contributed by atoms with van der Waals surface area (Å²) in [5.74, 6) is -1.08. The van der Waals surface area contributed by atoms with Gasteiger partial charge >= 0.3 is 0 Å². The van der Waals surface area contributed by atoms with Crippen molar-refractivity contribution in [1.82, 2.24) is 10.2 Å². The number of rotatable bonds is 3. The number of halogens is 4. The molecule has 2 nitrogen and oxygen atoms in total. The lowest BCUT2D eigenvalue weighted by molar-refractivity contribution is 0.628. The minimum absolute atomic E-state index is 0.0111. The number of aromatic nitrogens is 2. The molecule has 1 aromatic heterocycles. The van der Waals surface area contributed by atoms with Gasteiger partial charge in [0.2, 0.25) is 0 Å². The highest BCUT2D eigenvalue weighted by Crippen LogP contribution is 2.41. The minimum Gasteiger partial charge on any atom is -0.277 e. The SMILES string of the molecule is Cc1cccc(-c2n[nH]c(-c3ccc(F)c(Cl)c3)c2-c2cccc(Cl)c2F)c1. The number of hydrogen-bond acceptors (Lipinski definition) is 1. The van der Waals surface area contributed by atoms with E-state index in [-0.39, 0.29) is 10.0 Å². The van der Waals surface area contributed by atoms with Gasteiger partial charge in [0.15, 0.2) is 0 Å². The van der Waals surface area contributed by atoms with Crippen LogP contribution in [0.2, 0.25) is 10.0 Å². The molecule has 0 fully saturated rings. The highest BCUT2D eigenvalue weighted by Gasteiger charge is 2.22. The Kier molecular flexibility index (Phi) is 4.92. The van der Waals surface area contributed by atoms with Gasteiger partial charge in [0.05, 0.1) is 15.7 Å². The molecule has 0 atom stereocenters. The number of aryl methyl sites for hydroxylation is 1. The van der Waals surface area contributed by atoms with Gasteiger partial charge < -0.3 is 0 Å². The number of benzene rings is 3. The van der Waals surface area contributed by atoms with Gasteiger partial charge in [-0.1, -0.05) is 59.1 Å². The molecule has 0 saturated carbocycles. The Bertz CT molecular complexity index is 1190. The molecule has 0 aliphatic heterocycles. The fraction of sp³-hybridized carbons (Fsp3) is 0.0455. The summed E-state index contributed by atoms with van der Waals surface area (Å²) in [4.78, 5) is 0. The number of hydrogen-bond donors (Lipinski definition) is 1. The van der Waals surface area contributed by atoms with E-state index in [1.54, 1.807) is 18.2 Å². The van der Waals surface area contributed by atoms with Crippen LogP contribution in [0.1, 0.15) is 5.56 Å². The largest absolute Gasteiger partial charge is 0.277 e. The Balaban J connectivity index is 2.02. The van der Waals surface area contributed by atoms with Crippen molar-refractivity contribution in [3.8, 4) is 33.6 Å². The van der Waals surface area contributed by atoms with E-state index in [1.165, 1.54) is 18.2 Å². The Morgan fingerprint density at radius 2 is 1.64 bits per heavy atom. The van der Waals surface area contributed by atoms with Crippen molar-refractivity contribution in [2.24, 2.45) is 0 Å². The second-order valence-electron chi connectivity index (χ2n) is 6.42. The monoisotopic (exact) mass is 414 g/mol. The highest BCUT2D eigenvalue weighted by atomic mass is 35.5. The van der Waals surface area contributed by atoms with Gasteiger partial charge in [-0.05, 0) is 37.3 Å². The average molecular weight is 415 g/mol. The molecule has 140 valence electrons. The summed E-state index contributed by atoms with van der Waals surface area (Å²) in [6, 6.07) is 16.9. The zero-order valence-corrected chi connectivity index (χ0v) is 16.2. The van der Waals surface area contributed by atoms with Crippen molar-refractivity contribution in [3.05, 3.63) is 87.9 Å². The van der Waals surface area contributed by atoms with Crippen molar-refractivity contribution in [1.29, 1.82) is 0 Å². The Labute approximate surface area is 170 Å². The maximum atomic E-state index is 14.9. The van der Waals surface area contributed by atoms with Crippen molar-refractivity contribution >= 4 is 23.2 Å². The van der Waals surface area contributed by atoms with Crippen molar-refractivity contribution in [2.75, 3.05) is 0 Å². The second-order valence-corrected chi connectivity index (χ2v) is 7.24. The van der Waals surface area contributed by atoms with E-state index in [4.69, 9.17) is 23.2 Å². The summed E-state index contributed by atoms with van der Waals surface area (Å²) >= 11 is 12.0. The molecule has 1 N–H and O–H groups in total. The molecule has 6 heteroatoms. The van der Waals surface area contributed by atoms with Gasteiger partial charge in [-0.15, -0.1) is 0 Å². The van der Waals surface area contributed by atoms with Crippen LogP contribution in [-0.2, 0) is 0 Å². The molecule has 0 amide bonds. The quantitative estimate of drug-likeness (QED) is 0.374. The predicted molar refractivity (Wildman–Crippen MR) is 110 cm³/mol. The van der Waals surface area contributed by atoms with Gasteiger partial charge in [-0.2, -0.15) is 5.10 Å². The molecule has 1 heterocycles. The summed E-state index contributed by atoms with van der Waals surface area (Å²) in [6.07, 6.45) is 0. The van der Waals surface area contributed by atoms with E-state index in [9.17, 15) is 8.78 Å². The van der Waals surface area contributed by atoms with Crippen LogP contribution in [0.4, 0.5) is 8.78 Å². The standard InChI is InChI=1S/C22H14Cl2F2N2/c1-12-4-2-5-13(10-12)21-19(15-6-3-7-16(23)20(15)26)22(28-27-21)14-8-9-18(25)17(24)11-14/h2-11H,1H3,(H,27,28). The smallest absolute Gasteiger partial charge is 0.149 e. The molecule has 0 aliphatic carbocycles. The first kappa shape index (κ1) is 18.7. The lowest BCUT2D eigenvalue weighted by Crippen LogP contribution is -1.91. The fourth-order valence-corrected chi connectivity index (χ4v) is 3.52. The van der Waals surface area contributed by atoms with Crippen LogP contribution in [-0.4, -0.2) is 10.2 Å². The van der Waals surface area contributed by atoms with Crippen molar-refractivity contribution in [3.63, 3.8) is 0 Å². The fourth-order valence-electron chi connectivity index (χ4n) is 3.16. The van der Waals surface area contributed by atoms with E-state index in [0.29, 0.717) is 28.1 Å². The predicted octanol–water partition coefficient (Wildman–Crippen LogP) is 7.30. The lowest BCUT2D eigenvalue weighted by Gasteiger charge is -2.10. The first-order valence-electron chi connectivity index (χ1n) is 8.51. The Morgan fingerprint density at radius 1 is 0.857 bits per heavy atom. The first-order valence-corrected chi connectivity index (χ1v) is 9.26. The maximum Gasteiger partial charge on any atom is 0.149 e. The summed E-state index contributed by atoms with van der Waals surface area (Å²) in [6.45, 7) is 1.97. The van der Waals surface area contributed by atoms with Crippen LogP contribution in [0.5, 0.6) is 0 Å². The minimum atomic E-state index is -0.547. The number of nitrogens with one attached hydrogen (secondary N) is 1. The first-order chi connectivity index (χ1) is 13.5. The van der Waals surface area contributed by atoms with E-state index in [2.05, 4.69) is 10.2 Å². The molecule has 28 heavy (non-hydrogen) atoms. The van der Waals surface area contributed by atoms with E-state index >= 15 is 0 Å². The number of H-pyrrole nitrogens is 1. The molecule has 0 aliphatic rings. The van der Waals surface area contributed by atoms with Crippen LogP contribution in [0.25, 0.3) is 33.6 Å². The van der Waals surface area contributed by atoms with E-state index < -0.39 is 11.6 Å². The van der Waals surface area contributed by atoms with Crippen LogP contribution >= 0.6 is 23.2 Å². The third kappa shape index (κ3) is 3.30. The number of aromatic amines is 1. The van der Waals surface area contributed by atoms with Gasteiger partial charge in [0.25, 0.3) is 0 Å². The maximum absolute atomic E-state index is 14.9. The molecule has 0 unspecified atom stereocenters. The molecular weight excluding hydrogens is 401 g/mol. The zero-order chi connectivity index (χ0) is 19.8. The third-order valence-electron chi connectivity index (χ3n) is 4.49. The highest BCUT2D eigenvalue weighted by molar-refractivity contribution is 6.31. The summed E-state index contributed by atoms with van der Waals surface area (Å²) < 4.78 is 28.6. The van der Waals surface area contributed by atoms with Crippen LogP contribution in [0.3, 0.4) is 0 Å². The van der Waals surface area contributed by atoms with Gasteiger partial charge in [-0.25, -0.2) is 8.78 Å². The van der Waals surface area contributed by atoms with Crippen LogP contribution < -0.4 is 0 Å². The Hall–Kier alpha value is -2.69. The van der Waals surface area contributed by atoms with Gasteiger partial charge in [0, 0.05) is 22.3 Å². The van der Waals surface area contributed by atoms with Crippen LogP contribution in [0.15, 0.2) is 60.7 Å². The average Bonchev–Trinajstić information content (AvgIpc) is 3.11. The molecule has 0 bridgehead atoms. The molecule has 4 rings (SSSR count). The molecule has 0 spiro atoms. The molecule has 0 radical (unpaired) electrons.